The van der Waals surface area contributed by atoms with Gasteiger partial charge in [-0.1, -0.05) is 48.2 Å². The number of nitrogens with zero attached hydrogens (tertiary/aromatic N) is 4. The highest BCUT2D eigenvalue weighted by molar-refractivity contribution is 8.00. The molecule has 0 spiro atoms. The summed E-state index contributed by atoms with van der Waals surface area (Å²) in [5.41, 5.74) is 1.55. The summed E-state index contributed by atoms with van der Waals surface area (Å²) in [4.78, 5) is 15.8. The SMILES string of the molecule is COc1cccc(NC(=O)C(Sc2nnc(N3CCCC3)n2Cc2ccco2)c2ccccc2)c1. The first-order valence-electron chi connectivity index (χ1n) is 11.6. The molecule has 35 heavy (non-hydrogen) atoms. The summed E-state index contributed by atoms with van der Waals surface area (Å²) in [5.74, 6) is 2.15. The van der Waals surface area contributed by atoms with Crippen molar-refractivity contribution in [3.63, 3.8) is 0 Å². The molecule has 0 radical (unpaired) electrons. The Hall–Kier alpha value is -3.72. The maximum Gasteiger partial charge on any atom is 0.242 e. The molecule has 3 heterocycles. The van der Waals surface area contributed by atoms with E-state index in [-0.39, 0.29) is 5.91 Å². The molecule has 0 bridgehead atoms. The number of anilines is 2. The van der Waals surface area contributed by atoms with Crippen molar-refractivity contribution in [3.8, 4) is 5.75 Å². The molecule has 8 nitrogen and oxygen atoms in total. The molecule has 0 aliphatic carbocycles. The molecule has 1 atom stereocenters. The van der Waals surface area contributed by atoms with Crippen molar-refractivity contribution < 1.29 is 13.9 Å². The number of hydrogen-bond donors (Lipinski definition) is 1. The number of hydrogen-bond acceptors (Lipinski definition) is 7. The Bertz CT molecular complexity index is 1250. The summed E-state index contributed by atoms with van der Waals surface area (Å²) in [5, 5.41) is 12.2. The average Bonchev–Trinajstić information content (AvgIpc) is 3.66. The quantitative estimate of drug-likeness (QED) is 0.331. The minimum absolute atomic E-state index is 0.148. The van der Waals surface area contributed by atoms with Crippen LogP contribution in [0.2, 0.25) is 0 Å². The molecule has 2 aromatic carbocycles. The molecule has 1 fully saturated rings. The molecule has 9 heteroatoms. The van der Waals surface area contributed by atoms with Crippen molar-refractivity contribution in [2.24, 2.45) is 0 Å². The minimum atomic E-state index is -0.534. The zero-order valence-corrected chi connectivity index (χ0v) is 20.3. The lowest BCUT2D eigenvalue weighted by Crippen LogP contribution is -2.23. The predicted octanol–water partition coefficient (Wildman–Crippen LogP) is 5.00. The van der Waals surface area contributed by atoms with Gasteiger partial charge in [-0.3, -0.25) is 9.36 Å². The second-order valence-corrected chi connectivity index (χ2v) is 9.34. The van der Waals surface area contributed by atoms with E-state index in [2.05, 4.69) is 20.4 Å². The maximum atomic E-state index is 13.5. The summed E-state index contributed by atoms with van der Waals surface area (Å²) in [7, 11) is 1.60. The summed E-state index contributed by atoms with van der Waals surface area (Å²) in [6, 6.07) is 20.9. The molecule has 5 rings (SSSR count). The summed E-state index contributed by atoms with van der Waals surface area (Å²) in [6.07, 6.45) is 3.92. The lowest BCUT2D eigenvalue weighted by atomic mass is 10.1. The third-order valence-corrected chi connectivity index (χ3v) is 7.12. The number of aromatic nitrogens is 3. The van der Waals surface area contributed by atoms with E-state index in [0.717, 1.165) is 43.2 Å². The Labute approximate surface area is 208 Å². The lowest BCUT2D eigenvalue weighted by molar-refractivity contribution is -0.115. The van der Waals surface area contributed by atoms with Gasteiger partial charge >= 0.3 is 0 Å². The van der Waals surface area contributed by atoms with Crippen LogP contribution in [0.5, 0.6) is 5.75 Å². The number of carbonyl (C=O) groups is 1. The van der Waals surface area contributed by atoms with Gasteiger partial charge in [0.2, 0.25) is 11.9 Å². The van der Waals surface area contributed by atoms with E-state index in [4.69, 9.17) is 9.15 Å². The van der Waals surface area contributed by atoms with Gasteiger partial charge in [-0.2, -0.15) is 0 Å². The van der Waals surface area contributed by atoms with Gasteiger partial charge in [0.1, 0.15) is 16.8 Å². The number of methoxy groups -OCH3 is 1. The molecule has 1 amide bonds. The topological polar surface area (TPSA) is 85.4 Å². The second kappa shape index (κ2) is 10.7. The molecule has 1 saturated heterocycles. The second-order valence-electron chi connectivity index (χ2n) is 8.27. The largest absolute Gasteiger partial charge is 0.497 e. The van der Waals surface area contributed by atoms with Crippen LogP contribution in [0.1, 0.15) is 29.4 Å². The van der Waals surface area contributed by atoms with Gasteiger partial charge in [0, 0.05) is 24.8 Å². The van der Waals surface area contributed by atoms with Crippen LogP contribution in [0, 0.1) is 0 Å². The number of carbonyl (C=O) groups excluding carboxylic acids is 1. The fourth-order valence-electron chi connectivity index (χ4n) is 4.13. The Morgan fingerprint density at radius 2 is 1.91 bits per heavy atom. The highest BCUT2D eigenvalue weighted by atomic mass is 32.2. The van der Waals surface area contributed by atoms with Crippen molar-refractivity contribution in [2.75, 3.05) is 30.4 Å². The molecule has 1 aliphatic rings. The molecule has 2 aromatic heterocycles. The Morgan fingerprint density at radius 3 is 2.66 bits per heavy atom. The number of furan rings is 1. The van der Waals surface area contributed by atoms with Gasteiger partial charge < -0.3 is 19.4 Å². The fourth-order valence-corrected chi connectivity index (χ4v) is 5.16. The molecular weight excluding hydrogens is 462 g/mol. The molecule has 180 valence electrons. The Kier molecular flexibility index (Phi) is 7.04. The Balaban J connectivity index is 1.46. The zero-order valence-electron chi connectivity index (χ0n) is 19.5. The molecule has 1 aliphatic heterocycles. The van der Waals surface area contributed by atoms with Crippen molar-refractivity contribution >= 4 is 29.3 Å². The lowest BCUT2D eigenvalue weighted by Gasteiger charge is -2.20. The molecule has 0 saturated carbocycles. The normalized spacial score (nSPS) is 14.1. The first-order chi connectivity index (χ1) is 17.2. The van der Waals surface area contributed by atoms with E-state index in [1.165, 1.54) is 11.8 Å². The van der Waals surface area contributed by atoms with Crippen LogP contribution in [0.3, 0.4) is 0 Å². The van der Waals surface area contributed by atoms with Crippen LogP contribution in [-0.2, 0) is 11.3 Å². The Morgan fingerprint density at radius 1 is 1.09 bits per heavy atom. The third kappa shape index (κ3) is 5.35. The van der Waals surface area contributed by atoms with E-state index < -0.39 is 5.25 Å². The number of nitrogens with one attached hydrogen (secondary N) is 1. The van der Waals surface area contributed by atoms with E-state index in [1.54, 1.807) is 19.4 Å². The van der Waals surface area contributed by atoms with Crippen LogP contribution in [-0.4, -0.2) is 40.9 Å². The van der Waals surface area contributed by atoms with Gasteiger partial charge in [-0.15, -0.1) is 10.2 Å². The van der Waals surface area contributed by atoms with E-state index >= 15 is 0 Å². The highest BCUT2D eigenvalue weighted by Gasteiger charge is 2.28. The van der Waals surface area contributed by atoms with Crippen molar-refractivity contribution in [3.05, 3.63) is 84.3 Å². The van der Waals surface area contributed by atoms with Crippen molar-refractivity contribution in [1.29, 1.82) is 0 Å². The number of ether oxygens (including phenoxy) is 1. The zero-order chi connectivity index (χ0) is 24.0. The van der Waals surface area contributed by atoms with Gasteiger partial charge in [0.25, 0.3) is 0 Å². The number of rotatable bonds is 9. The number of thioether (sulfide) groups is 1. The van der Waals surface area contributed by atoms with Crippen molar-refractivity contribution in [1.82, 2.24) is 14.8 Å². The van der Waals surface area contributed by atoms with Crippen LogP contribution < -0.4 is 15.0 Å². The maximum absolute atomic E-state index is 13.5. The van der Waals surface area contributed by atoms with Gasteiger partial charge in [0.15, 0.2) is 5.16 Å². The van der Waals surface area contributed by atoms with Crippen molar-refractivity contribution in [2.45, 2.75) is 29.8 Å². The average molecular weight is 490 g/mol. The van der Waals surface area contributed by atoms with E-state index in [9.17, 15) is 4.79 Å². The minimum Gasteiger partial charge on any atom is -0.497 e. The molecular formula is C26H27N5O3S. The fraction of sp³-hybridized carbons (Fsp3) is 0.269. The molecule has 1 N–H and O–H groups in total. The molecule has 1 unspecified atom stereocenters. The van der Waals surface area contributed by atoms with Crippen LogP contribution in [0.15, 0.2) is 82.6 Å². The van der Waals surface area contributed by atoms with Gasteiger partial charge in [0.05, 0.1) is 19.9 Å². The van der Waals surface area contributed by atoms with E-state index in [1.807, 2.05) is 65.2 Å². The predicted molar refractivity (Wildman–Crippen MR) is 136 cm³/mol. The number of amides is 1. The summed E-state index contributed by atoms with van der Waals surface area (Å²) >= 11 is 1.38. The molecule has 4 aromatic rings. The summed E-state index contributed by atoms with van der Waals surface area (Å²) in [6.45, 7) is 2.38. The van der Waals surface area contributed by atoms with E-state index in [0.29, 0.717) is 23.1 Å². The van der Waals surface area contributed by atoms with Gasteiger partial charge in [-0.25, -0.2) is 0 Å². The monoisotopic (exact) mass is 489 g/mol. The first kappa shape index (κ1) is 23.0. The highest BCUT2D eigenvalue weighted by Crippen LogP contribution is 2.37. The standard InChI is InChI=1S/C26H27N5O3S/c1-33-21-12-7-11-20(17-21)27-24(32)23(19-9-3-2-4-10-19)35-26-29-28-25(30-14-5-6-15-30)31(26)18-22-13-8-16-34-22/h2-4,7-13,16-17,23H,5-6,14-15,18H2,1H3,(H,27,32). The van der Waals surface area contributed by atoms with Crippen LogP contribution in [0.25, 0.3) is 0 Å². The van der Waals surface area contributed by atoms with Gasteiger partial charge in [-0.05, 0) is 42.7 Å². The smallest absolute Gasteiger partial charge is 0.242 e. The first-order valence-corrected chi connectivity index (χ1v) is 12.5. The summed E-state index contributed by atoms with van der Waals surface area (Å²) < 4.78 is 13.0. The number of benzene rings is 2. The van der Waals surface area contributed by atoms with Crippen LogP contribution >= 0.6 is 11.8 Å². The van der Waals surface area contributed by atoms with Crippen LogP contribution in [0.4, 0.5) is 11.6 Å². The third-order valence-electron chi connectivity index (χ3n) is 5.88.